The van der Waals surface area contributed by atoms with Crippen molar-refractivity contribution in [1.82, 2.24) is 4.31 Å². The minimum absolute atomic E-state index is 0.0279. The summed E-state index contributed by atoms with van der Waals surface area (Å²) in [5, 5.41) is 0. The van der Waals surface area contributed by atoms with Gasteiger partial charge in [-0.05, 0) is 25.5 Å². The smallest absolute Gasteiger partial charge is 0.243 e. The third-order valence-corrected chi connectivity index (χ3v) is 5.34. The molecule has 0 bridgehead atoms. The maximum Gasteiger partial charge on any atom is 0.243 e. The first-order valence-corrected chi connectivity index (χ1v) is 7.40. The van der Waals surface area contributed by atoms with Gasteiger partial charge in [0.1, 0.15) is 0 Å². The minimum Gasteiger partial charge on any atom is -0.494 e. The SMILES string of the molecule is COc1ccc(S(=O)(=O)N2CC[C@@H](N)C2)c(C)c1F. The molecule has 0 spiro atoms. The van der Waals surface area contributed by atoms with Crippen LogP contribution in [0.25, 0.3) is 0 Å². The average Bonchev–Trinajstić information content (AvgIpc) is 2.79. The van der Waals surface area contributed by atoms with Crippen molar-refractivity contribution in [2.75, 3.05) is 20.2 Å². The molecule has 19 heavy (non-hydrogen) atoms. The molecule has 2 rings (SSSR count). The maximum absolute atomic E-state index is 13.9. The molecule has 1 aromatic rings. The van der Waals surface area contributed by atoms with Gasteiger partial charge < -0.3 is 10.5 Å². The number of benzene rings is 1. The summed E-state index contributed by atoms with van der Waals surface area (Å²) in [6, 6.07) is 2.54. The Labute approximate surface area is 112 Å². The van der Waals surface area contributed by atoms with Gasteiger partial charge in [-0.2, -0.15) is 4.31 Å². The van der Waals surface area contributed by atoms with E-state index in [0.717, 1.165) is 0 Å². The zero-order chi connectivity index (χ0) is 14.2. The second kappa shape index (κ2) is 5.07. The van der Waals surface area contributed by atoms with Gasteiger partial charge >= 0.3 is 0 Å². The summed E-state index contributed by atoms with van der Waals surface area (Å²) in [7, 11) is -2.35. The van der Waals surface area contributed by atoms with Crippen molar-refractivity contribution in [2.45, 2.75) is 24.3 Å². The van der Waals surface area contributed by atoms with Crippen LogP contribution in [0.2, 0.25) is 0 Å². The van der Waals surface area contributed by atoms with E-state index in [1.807, 2.05) is 0 Å². The lowest BCUT2D eigenvalue weighted by atomic mass is 10.2. The topological polar surface area (TPSA) is 72.6 Å². The molecule has 1 aliphatic heterocycles. The van der Waals surface area contributed by atoms with Crippen molar-refractivity contribution in [2.24, 2.45) is 5.73 Å². The van der Waals surface area contributed by atoms with Crippen LogP contribution in [0.5, 0.6) is 5.75 Å². The van der Waals surface area contributed by atoms with Crippen molar-refractivity contribution in [3.63, 3.8) is 0 Å². The lowest BCUT2D eigenvalue weighted by Gasteiger charge is -2.18. The molecule has 0 radical (unpaired) electrons. The number of nitrogens with two attached hydrogens (primary N) is 1. The van der Waals surface area contributed by atoms with Crippen LogP contribution in [0.1, 0.15) is 12.0 Å². The van der Waals surface area contributed by atoms with Gasteiger partial charge in [0.2, 0.25) is 10.0 Å². The van der Waals surface area contributed by atoms with Crippen LogP contribution in [-0.2, 0) is 10.0 Å². The lowest BCUT2D eigenvalue weighted by Crippen LogP contribution is -2.32. The molecule has 0 amide bonds. The first-order valence-electron chi connectivity index (χ1n) is 5.96. The van der Waals surface area contributed by atoms with Crippen LogP contribution in [0.15, 0.2) is 17.0 Å². The molecule has 1 aliphatic rings. The van der Waals surface area contributed by atoms with Crippen LogP contribution >= 0.6 is 0 Å². The Hall–Kier alpha value is -1.18. The summed E-state index contributed by atoms with van der Waals surface area (Å²) in [5.74, 6) is -0.610. The zero-order valence-corrected chi connectivity index (χ0v) is 11.7. The first kappa shape index (κ1) is 14.2. The fourth-order valence-electron chi connectivity index (χ4n) is 2.19. The summed E-state index contributed by atoms with van der Waals surface area (Å²) in [6.07, 6.45) is 0.622. The van der Waals surface area contributed by atoms with Crippen LogP contribution in [-0.4, -0.2) is 39.0 Å². The summed E-state index contributed by atoms with van der Waals surface area (Å²) in [5.41, 5.74) is 5.78. The van der Waals surface area contributed by atoms with Crippen molar-refractivity contribution in [3.05, 3.63) is 23.5 Å². The van der Waals surface area contributed by atoms with Crippen LogP contribution in [0, 0.1) is 12.7 Å². The van der Waals surface area contributed by atoms with Gasteiger partial charge in [0, 0.05) is 24.7 Å². The first-order chi connectivity index (χ1) is 8.87. The maximum atomic E-state index is 13.9. The third kappa shape index (κ3) is 2.45. The van der Waals surface area contributed by atoms with E-state index in [2.05, 4.69) is 0 Å². The van der Waals surface area contributed by atoms with Crippen molar-refractivity contribution in [3.8, 4) is 5.75 Å². The second-order valence-corrected chi connectivity index (χ2v) is 6.52. The predicted molar refractivity (Wildman–Crippen MR) is 69.0 cm³/mol. The zero-order valence-electron chi connectivity index (χ0n) is 10.9. The fraction of sp³-hybridized carbons (Fsp3) is 0.500. The average molecular weight is 288 g/mol. The number of ether oxygens (including phenoxy) is 1. The monoisotopic (exact) mass is 288 g/mol. The van der Waals surface area contributed by atoms with E-state index in [1.54, 1.807) is 0 Å². The Bertz CT molecular complexity index is 589. The van der Waals surface area contributed by atoms with Gasteiger partial charge in [0.25, 0.3) is 0 Å². The number of methoxy groups -OCH3 is 1. The molecular formula is C12H17FN2O3S. The Morgan fingerprint density at radius 3 is 2.68 bits per heavy atom. The number of sulfonamides is 1. The number of hydrogen-bond acceptors (Lipinski definition) is 4. The van der Waals surface area contributed by atoms with E-state index < -0.39 is 15.8 Å². The summed E-state index contributed by atoms with van der Waals surface area (Å²) in [6.45, 7) is 2.08. The predicted octanol–water partition coefficient (Wildman–Crippen LogP) is 0.864. The van der Waals surface area contributed by atoms with Gasteiger partial charge in [-0.25, -0.2) is 12.8 Å². The molecule has 1 aromatic carbocycles. The van der Waals surface area contributed by atoms with Gasteiger partial charge in [-0.3, -0.25) is 0 Å². The quantitative estimate of drug-likeness (QED) is 0.895. The molecule has 1 atom stereocenters. The van der Waals surface area contributed by atoms with Crippen LogP contribution < -0.4 is 10.5 Å². The van der Waals surface area contributed by atoms with Gasteiger partial charge in [-0.15, -0.1) is 0 Å². The molecule has 0 aliphatic carbocycles. The molecule has 7 heteroatoms. The highest BCUT2D eigenvalue weighted by Gasteiger charge is 2.32. The Morgan fingerprint density at radius 2 is 2.16 bits per heavy atom. The van der Waals surface area contributed by atoms with E-state index >= 15 is 0 Å². The largest absolute Gasteiger partial charge is 0.494 e. The molecule has 0 saturated carbocycles. The highest BCUT2D eigenvalue weighted by atomic mass is 32.2. The fourth-order valence-corrected chi connectivity index (χ4v) is 3.92. The molecule has 5 nitrogen and oxygen atoms in total. The van der Waals surface area contributed by atoms with E-state index in [1.165, 1.54) is 30.5 Å². The summed E-state index contributed by atoms with van der Waals surface area (Å²) in [4.78, 5) is -0.0279. The standard InChI is InChI=1S/C12H17FN2O3S/c1-8-11(4-3-10(18-2)12(8)13)19(16,17)15-6-5-9(14)7-15/h3-4,9H,5-7,14H2,1-2H3/t9-/m1/s1. The molecule has 0 unspecified atom stereocenters. The van der Waals surface area contributed by atoms with Crippen LogP contribution in [0.4, 0.5) is 4.39 Å². The Morgan fingerprint density at radius 1 is 1.47 bits per heavy atom. The van der Waals surface area contributed by atoms with E-state index in [9.17, 15) is 12.8 Å². The third-order valence-electron chi connectivity index (χ3n) is 3.33. The number of nitrogens with zero attached hydrogens (tertiary/aromatic N) is 1. The normalized spacial score (nSPS) is 20.7. The molecule has 0 aromatic heterocycles. The van der Waals surface area contributed by atoms with Gasteiger partial charge in [-0.1, -0.05) is 0 Å². The molecule has 1 heterocycles. The van der Waals surface area contributed by atoms with Crippen molar-refractivity contribution >= 4 is 10.0 Å². The highest BCUT2D eigenvalue weighted by Crippen LogP contribution is 2.29. The second-order valence-electron chi connectivity index (χ2n) is 4.62. The van der Waals surface area contributed by atoms with Crippen LogP contribution in [0.3, 0.4) is 0 Å². The summed E-state index contributed by atoms with van der Waals surface area (Å²) >= 11 is 0. The van der Waals surface area contributed by atoms with Crippen molar-refractivity contribution in [1.29, 1.82) is 0 Å². The molecule has 2 N–H and O–H groups in total. The number of hydrogen-bond donors (Lipinski definition) is 1. The summed E-state index contributed by atoms with van der Waals surface area (Å²) < 4.78 is 44.9. The molecule has 1 saturated heterocycles. The number of rotatable bonds is 3. The van der Waals surface area contributed by atoms with Crippen molar-refractivity contribution < 1.29 is 17.5 Å². The Balaban J connectivity index is 2.44. The van der Waals surface area contributed by atoms with E-state index in [4.69, 9.17) is 10.5 Å². The van der Waals surface area contributed by atoms with Gasteiger partial charge in [0.05, 0.1) is 12.0 Å². The lowest BCUT2D eigenvalue weighted by molar-refractivity contribution is 0.383. The number of halogens is 1. The minimum atomic E-state index is -3.69. The molecule has 106 valence electrons. The molecular weight excluding hydrogens is 271 g/mol. The van der Waals surface area contributed by atoms with E-state index in [-0.39, 0.29) is 28.8 Å². The highest BCUT2D eigenvalue weighted by molar-refractivity contribution is 7.89. The Kier molecular flexibility index (Phi) is 3.80. The molecule has 1 fully saturated rings. The van der Waals surface area contributed by atoms with Gasteiger partial charge in [0.15, 0.2) is 11.6 Å². The van der Waals surface area contributed by atoms with E-state index in [0.29, 0.717) is 13.0 Å².